The van der Waals surface area contributed by atoms with E-state index in [9.17, 15) is 4.79 Å². The topological polar surface area (TPSA) is 35.5 Å². The molecule has 0 radical (unpaired) electrons. The number of carbonyl (C=O) groups is 1. The number of unbranched alkanes of at least 4 members (excludes halogenated alkanes) is 1. The summed E-state index contributed by atoms with van der Waals surface area (Å²) in [6.45, 7) is 9.47. The van der Waals surface area contributed by atoms with Crippen molar-refractivity contribution in [1.29, 1.82) is 0 Å². The SMILES string of the molecule is CCCC[C@@H]1CC(=O)O[C@@H]1CO[Si](c1ccccc1)(c1ccccc1)C(C)(C)C. The summed E-state index contributed by atoms with van der Waals surface area (Å²) in [6, 6.07) is 21.2. The van der Waals surface area contributed by atoms with Gasteiger partial charge >= 0.3 is 5.97 Å². The van der Waals surface area contributed by atoms with Crippen LogP contribution in [-0.4, -0.2) is 27.0 Å². The van der Waals surface area contributed by atoms with E-state index in [1.165, 1.54) is 10.4 Å². The smallest absolute Gasteiger partial charge is 0.306 e. The van der Waals surface area contributed by atoms with Crippen LogP contribution in [0.3, 0.4) is 0 Å². The third kappa shape index (κ3) is 4.64. The molecule has 0 unspecified atom stereocenters. The lowest BCUT2D eigenvalue weighted by Crippen LogP contribution is -2.67. The summed E-state index contributed by atoms with van der Waals surface area (Å²) in [6.07, 6.45) is 3.66. The van der Waals surface area contributed by atoms with Gasteiger partial charge in [0.05, 0.1) is 13.0 Å². The molecule has 0 bridgehead atoms. The molecule has 4 heteroatoms. The summed E-state index contributed by atoms with van der Waals surface area (Å²) < 4.78 is 12.7. The molecule has 3 nitrogen and oxygen atoms in total. The average molecular weight is 411 g/mol. The molecular weight excluding hydrogens is 376 g/mol. The molecule has 0 saturated carbocycles. The summed E-state index contributed by atoms with van der Waals surface area (Å²) in [5, 5.41) is 2.44. The largest absolute Gasteiger partial charge is 0.460 e. The molecule has 1 fully saturated rings. The lowest BCUT2D eigenvalue weighted by atomic mass is 9.95. The third-order valence-electron chi connectivity index (χ3n) is 6.05. The molecule has 2 aromatic rings. The Kier molecular flexibility index (Phi) is 6.96. The number of hydrogen-bond donors (Lipinski definition) is 0. The molecule has 1 aliphatic heterocycles. The first-order valence-corrected chi connectivity index (χ1v) is 12.7. The quantitative estimate of drug-likeness (QED) is 0.468. The summed E-state index contributed by atoms with van der Waals surface area (Å²) in [4.78, 5) is 12.0. The van der Waals surface area contributed by atoms with Crippen LogP contribution in [-0.2, 0) is 14.0 Å². The molecule has 156 valence electrons. The minimum absolute atomic E-state index is 0.0722. The Bertz CT molecular complexity index is 743. The number of hydrogen-bond acceptors (Lipinski definition) is 3. The highest BCUT2D eigenvalue weighted by atomic mass is 28.4. The van der Waals surface area contributed by atoms with Crippen LogP contribution in [0.2, 0.25) is 5.04 Å². The highest BCUT2D eigenvalue weighted by molar-refractivity contribution is 6.99. The first-order chi connectivity index (χ1) is 13.9. The summed E-state index contributed by atoms with van der Waals surface area (Å²) in [7, 11) is -2.59. The molecule has 0 spiro atoms. The summed E-state index contributed by atoms with van der Waals surface area (Å²) in [5.41, 5.74) is 0. The lowest BCUT2D eigenvalue weighted by Gasteiger charge is -2.43. The van der Waals surface area contributed by atoms with E-state index in [1.807, 2.05) is 0 Å². The second-order valence-corrected chi connectivity index (χ2v) is 13.4. The number of esters is 1. The minimum Gasteiger partial charge on any atom is -0.460 e. The number of rotatable bonds is 8. The highest BCUT2D eigenvalue weighted by Gasteiger charge is 2.51. The molecule has 0 N–H and O–H groups in total. The molecule has 2 atom stereocenters. The molecule has 0 aromatic heterocycles. The Balaban J connectivity index is 1.97. The van der Waals surface area contributed by atoms with E-state index in [4.69, 9.17) is 9.16 Å². The van der Waals surface area contributed by atoms with Crippen LogP contribution >= 0.6 is 0 Å². The molecule has 1 aliphatic rings. The van der Waals surface area contributed by atoms with Gasteiger partial charge in [-0.3, -0.25) is 4.79 Å². The normalized spacial score (nSPS) is 19.9. The first-order valence-electron chi connectivity index (χ1n) is 10.8. The van der Waals surface area contributed by atoms with Crippen molar-refractivity contribution in [1.82, 2.24) is 0 Å². The van der Waals surface area contributed by atoms with Crippen molar-refractivity contribution in [2.24, 2.45) is 5.92 Å². The van der Waals surface area contributed by atoms with E-state index in [0.29, 0.717) is 13.0 Å². The predicted octanol–water partition coefficient (Wildman–Crippen LogP) is 4.68. The molecule has 0 amide bonds. The van der Waals surface area contributed by atoms with Crippen molar-refractivity contribution in [3.05, 3.63) is 60.7 Å². The van der Waals surface area contributed by atoms with Crippen LogP contribution in [0.25, 0.3) is 0 Å². The van der Waals surface area contributed by atoms with Gasteiger partial charge in [0, 0.05) is 5.92 Å². The Labute approximate surface area is 176 Å². The van der Waals surface area contributed by atoms with E-state index in [0.717, 1.165) is 19.3 Å². The standard InChI is InChI=1S/C25H34O3Si/c1-5-6-13-20-18-24(26)28-23(20)19-27-29(25(2,3)4,21-14-9-7-10-15-21)22-16-11-8-12-17-22/h7-12,14-17,20,23H,5-6,13,18-19H2,1-4H3/t20-,23-/m1/s1. The Morgan fingerprint density at radius 2 is 1.55 bits per heavy atom. The fraction of sp³-hybridized carbons (Fsp3) is 0.480. The molecule has 29 heavy (non-hydrogen) atoms. The van der Waals surface area contributed by atoms with E-state index in [1.54, 1.807) is 0 Å². The van der Waals surface area contributed by atoms with Crippen molar-refractivity contribution in [2.45, 2.75) is 64.5 Å². The van der Waals surface area contributed by atoms with Gasteiger partial charge in [-0.1, -0.05) is 101 Å². The Morgan fingerprint density at radius 1 is 1.00 bits per heavy atom. The maximum Gasteiger partial charge on any atom is 0.306 e. The molecule has 2 aromatic carbocycles. The molecule has 0 aliphatic carbocycles. The van der Waals surface area contributed by atoms with E-state index in [2.05, 4.69) is 88.4 Å². The van der Waals surface area contributed by atoms with Crippen LogP contribution in [0.1, 0.15) is 53.4 Å². The summed E-state index contributed by atoms with van der Waals surface area (Å²) >= 11 is 0. The Morgan fingerprint density at radius 3 is 2.03 bits per heavy atom. The van der Waals surface area contributed by atoms with Crippen LogP contribution in [0.5, 0.6) is 0 Å². The van der Waals surface area contributed by atoms with Gasteiger partial charge in [-0.2, -0.15) is 0 Å². The Hall–Kier alpha value is -1.91. The van der Waals surface area contributed by atoms with Gasteiger partial charge in [0.25, 0.3) is 8.32 Å². The minimum atomic E-state index is -2.59. The second-order valence-electron chi connectivity index (χ2n) is 9.11. The zero-order valence-corrected chi connectivity index (χ0v) is 19.2. The van der Waals surface area contributed by atoms with Crippen LogP contribution < -0.4 is 10.4 Å². The summed E-state index contributed by atoms with van der Waals surface area (Å²) in [5.74, 6) is 0.183. The maximum absolute atomic E-state index is 12.0. The molecular formula is C25H34O3Si. The molecule has 3 rings (SSSR count). The van der Waals surface area contributed by atoms with Crippen molar-refractivity contribution < 1.29 is 14.0 Å². The van der Waals surface area contributed by atoms with Gasteiger partial charge in [0.1, 0.15) is 6.10 Å². The molecule has 1 saturated heterocycles. The lowest BCUT2D eigenvalue weighted by molar-refractivity contribution is -0.142. The fourth-order valence-corrected chi connectivity index (χ4v) is 9.12. The van der Waals surface area contributed by atoms with E-state index < -0.39 is 8.32 Å². The van der Waals surface area contributed by atoms with E-state index in [-0.39, 0.29) is 23.0 Å². The number of ether oxygens (including phenoxy) is 1. The first kappa shape index (κ1) is 21.8. The number of carbonyl (C=O) groups excluding carboxylic acids is 1. The predicted molar refractivity (Wildman–Crippen MR) is 121 cm³/mol. The monoisotopic (exact) mass is 410 g/mol. The average Bonchev–Trinajstić information content (AvgIpc) is 3.07. The zero-order chi connectivity index (χ0) is 20.9. The van der Waals surface area contributed by atoms with Crippen molar-refractivity contribution in [3.8, 4) is 0 Å². The van der Waals surface area contributed by atoms with Gasteiger partial charge in [0.15, 0.2) is 0 Å². The van der Waals surface area contributed by atoms with Gasteiger partial charge < -0.3 is 9.16 Å². The van der Waals surface area contributed by atoms with Crippen LogP contribution in [0.15, 0.2) is 60.7 Å². The van der Waals surface area contributed by atoms with Crippen LogP contribution in [0.4, 0.5) is 0 Å². The zero-order valence-electron chi connectivity index (χ0n) is 18.2. The second kappa shape index (κ2) is 9.27. The van der Waals surface area contributed by atoms with Gasteiger partial charge in [-0.15, -0.1) is 0 Å². The maximum atomic E-state index is 12.0. The van der Waals surface area contributed by atoms with Gasteiger partial charge in [0.2, 0.25) is 0 Å². The number of cyclic esters (lactones) is 1. The van der Waals surface area contributed by atoms with Gasteiger partial charge in [-0.25, -0.2) is 0 Å². The fourth-order valence-electron chi connectivity index (χ4n) is 4.55. The van der Waals surface area contributed by atoms with E-state index >= 15 is 0 Å². The van der Waals surface area contributed by atoms with Crippen molar-refractivity contribution in [2.75, 3.05) is 6.61 Å². The van der Waals surface area contributed by atoms with Crippen molar-refractivity contribution in [3.63, 3.8) is 0 Å². The highest BCUT2D eigenvalue weighted by Crippen LogP contribution is 2.38. The van der Waals surface area contributed by atoms with Gasteiger partial charge in [-0.05, 0) is 21.8 Å². The van der Waals surface area contributed by atoms with Crippen molar-refractivity contribution >= 4 is 24.7 Å². The number of benzene rings is 2. The molecule has 1 heterocycles. The third-order valence-corrected chi connectivity index (χ3v) is 11.1. The van der Waals surface area contributed by atoms with Crippen LogP contribution in [0, 0.1) is 5.92 Å².